The van der Waals surface area contributed by atoms with E-state index in [0.717, 1.165) is 13.1 Å². The first-order valence-corrected chi connectivity index (χ1v) is 5.40. The lowest BCUT2D eigenvalue weighted by Crippen LogP contribution is -2.43. The van der Waals surface area contributed by atoms with E-state index in [2.05, 4.69) is 10.2 Å². The van der Waals surface area contributed by atoms with E-state index in [0.29, 0.717) is 6.54 Å². The highest BCUT2D eigenvalue weighted by Gasteiger charge is 2.18. The van der Waals surface area contributed by atoms with Gasteiger partial charge < -0.3 is 20.4 Å². The molecule has 4 heteroatoms. The maximum absolute atomic E-state index is 9.49. The number of nitrogens with zero attached hydrogens (tertiary/aromatic N) is 1. The molecule has 0 aromatic rings. The molecule has 1 atom stereocenters. The Labute approximate surface area is 85.9 Å². The van der Waals surface area contributed by atoms with Crippen LogP contribution in [0.1, 0.15) is 19.8 Å². The quantitative estimate of drug-likeness (QED) is 0.504. The molecule has 0 spiro atoms. The number of hydrogen-bond donors (Lipinski definition) is 3. The van der Waals surface area contributed by atoms with E-state index in [1.807, 2.05) is 0 Å². The van der Waals surface area contributed by atoms with Crippen LogP contribution in [0.25, 0.3) is 0 Å². The summed E-state index contributed by atoms with van der Waals surface area (Å²) in [5, 5.41) is 21.4. The van der Waals surface area contributed by atoms with Gasteiger partial charge in [0.25, 0.3) is 0 Å². The zero-order valence-electron chi connectivity index (χ0n) is 9.00. The minimum absolute atomic E-state index is 0.191. The van der Waals surface area contributed by atoms with E-state index in [1.54, 1.807) is 6.92 Å². The minimum Gasteiger partial charge on any atom is -0.393 e. The molecule has 0 saturated carbocycles. The largest absolute Gasteiger partial charge is 0.393 e. The molecule has 1 rings (SSSR count). The summed E-state index contributed by atoms with van der Waals surface area (Å²) >= 11 is 0. The predicted molar refractivity (Wildman–Crippen MR) is 56.3 cm³/mol. The summed E-state index contributed by atoms with van der Waals surface area (Å²) < 4.78 is 0. The Hall–Kier alpha value is -0.160. The van der Waals surface area contributed by atoms with Gasteiger partial charge in [-0.3, -0.25) is 0 Å². The van der Waals surface area contributed by atoms with Crippen molar-refractivity contribution in [1.29, 1.82) is 0 Å². The topological polar surface area (TPSA) is 55.7 Å². The molecule has 0 aromatic carbocycles. The smallest absolute Gasteiger partial charge is 0.0972 e. The van der Waals surface area contributed by atoms with Crippen LogP contribution in [0.5, 0.6) is 0 Å². The van der Waals surface area contributed by atoms with Crippen LogP contribution < -0.4 is 5.32 Å². The lowest BCUT2D eigenvalue weighted by molar-refractivity contribution is 0.00263. The van der Waals surface area contributed by atoms with Gasteiger partial charge in [-0.2, -0.15) is 0 Å². The Morgan fingerprint density at radius 2 is 2.00 bits per heavy atom. The van der Waals surface area contributed by atoms with Crippen molar-refractivity contribution in [3.8, 4) is 0 Å². The fourth-order valence-electron chi connectivity index (χ4n) is 1.66. The Morgan fingerprint density at radius 1 is 1.36 bits per heavy atom. The van der Waals surface area contributed by atoms with E-state index in [1.165, 1.54) is 25.9 Å². The lowest BCUT2D eigenvalue weighted by atomic mass is 10.1. The standard InChI is InChI=1S/C10H22N2O2/c1-10(14,9-13)8-11-4-7-12-5-2-3-6-12/h11,13-14H,2-9H2,1H3. The number of hydrogen-bond acceptors (Lipinski definition) is 4. The first-order chi connectivity index (χ1) is 6.64. The second kappa shape index (κ2) is 5.66. The van der Waals surface area contributed by atoms with Gasteiger partial charge >= 0.3 is 0 Å². The molecule has 0 radical (unpaired) electrons. The van der Waals surface area contributed by atoms with Gasteiger partial charge in [-0.15, -0.1) is 0 Å². The molecule has 1 heterocycles. The third kappa shape index (κ3) is 4.37. The van der Waals surface area contributed by atoms with Crippen molar-refractivity contribution in [3.63, 3.8) is 0 Å². The first kappa shape index (κ1) is 11.9. The molecule has 14 heavy (non-hydrogen) atoms. The summed E-state index contributed by atoms with van der Waals surface area (Å²) in [6, 6.07) is 0. The second-order valence-electron chi connectivity index (χ2n) is 4.38. The molecule has 3 N–H and O–H groups in total. The highest BCUT2D eigenvalue weighted by atomic mass is 16.3. The Bertz CT molecular complexity index is 156. The maximum Gasteiger partial charge on any atom is 0.0972 e. The summed E-state index contributed by atoms with van der Waals surface area (Å²) in [5.41, 5.74) is -0.981. The third-order valence-corrected chi connectivity index (χ3v) is 2.65. The van der Waals surface area contributed by atoms with Crippen molar-refractivity contribution < 1.29 is 10.2 Å². The molecule has 0 aliphatic carbocycles. The summed E-state index contributed by atoms with van der Waals surface area (Å²) in [4.78, 5) is 2.42. The van der Waals surface area contributed by atoms with Crippen molar-refractivity contribution >= 4 is 0 Å². The van der Waals surface area contributed by atoms with Gasteiger partial charge in [-0.1, -0.05) is 0 Å². The molecule has 1 aliphatic heterocycles. The number of rotatable bonds is 6. The summed E-state index contributed by atoms with van der Waals surface area (Å²) in [7, 11) is 0. The maximum atomic E-state index is 9.49. The van der Waals surface area contributed by atoms with Crippen LogP contribution in [-0.2, 0) is 0 Å². The van der Waals surface area contributed by atoms with Gasteiger partial charge in [0.15, 0.2) is 0 Å². The van der Waals surface area contributed by atoms with Crippen molar-refractivity contribution in [2.45, 2.75) is 25.4 Å². The van der Waals surface area contributed by atoms with Crippen LogP contribution in [0.4, 0.5) is 0 Å². The van der Waals surface area contributed by atoms with Crippen LogP contribution in [0.15, 0.2) is 0 Å². The van der Waals surface area contributed by atoms with E-state index in [9.17, 15) is 5.11 Å². The van der Waals surface area contributed by atoms with Gasteiger partial charge in [0.1, 0.15) is 0 Å². The van der Waals surface area contributed by atoms with Gasteiger partial charge in [0.2, 0.25) is 0 Å². The summed E-state index contributed by atoms with van der Waals surface area (Å²) in [5.74, 6) is 0. The molecule has 0 amide bonds. The van der Waals surface area contributed by atoms with Gasteiger partial charge in [0, 0.05) is 19.6 Å². The number of aliphatic hydroxyl groups is 2. The predicted octanol–water partition coefficient (Wildman–Crippen LogP) is -0.585. The molecule has 4 nitrogen and oxygen atoms in total. The molecule has 0 bridgehead atoms. The van der Waals surface area contributed by atoms with E-state index < -0.39 is 5.60 Å². The highest BCUT2D eigenvalue weighted by Crippen LogP contribution is 2.05. The minimum atomic E-state index is -0.981. The molecule has 0 aromatic heterocycles. The van der Waals surface area contributed by atoms with Crippen LogP contribution in [0.2, 0.25) is 0 Å². The fourth-order valence-corrected chi connectivity index (χ4v) is 1.66. The molecular weight excluding hydrogens is 180 g/mol. The average molecular weight is 202 g/mol. The molecule has 1 saturated heterocycles. The summed E-state index contributed by atoms with van der Waals surface area (Å²) in [6.07, 6.45) is 2.63. The summed E-state index contributed by atoms with van der Waals surface area (Å²) in [6.45, 7) is 6.24. The van der Waals surface area contributed by atoms with E-state index >= 15 is 0 Å². The first-order valence-electron chi connectivity index (χ1n) is 5.40. The van der Waals surface area contributed by atoms with E-state index in [4.69, 9.17) is 5.11 Å². The Balaban J connectivity index is 1.98. The number of nitrogens with one attached hydrogen (secondary N) is 1. The highest BCUT2D eigenvalue weighted by molar-refractivity contribution is 4.74. The van der Waals surface area contributed by atoms with Gasteiger partial charge in [-0.05, 0) is 32.9 Å². The number of likely N-dealkylation sites (tertiary alicyclic amines) is 1. The van der Waals surface area contributed by atoms with Crippen LogP contribution >= 0.6 is 0 Å². The lowest BCUT2D eigenvalue weighted by Gasteiger charge is -2.22. The molecule has 84 valence electrons. The Kier molecular flexibility index (Phi) is 4.81. The normalized spacial score (nSPS) is 22.5. The second-order valence-corrected chi connectivity index (χ2v) is 4.38. The molecule has 1 aliphatic rings. The van der Waals surface area contributed by atoms with Crippen molar-refractivity contribution in [1.82, 2.24) is 10.2 Å². The van der Waals surface area contributed by atoms with E-state index in [-0.39, 0.29) is 6.61 Å². The van der Waals surface area contributed by atoms with Crippen molar-refractivity contribution in [2.24, 2.45) is 0 Å². The third-order valence-electron chi connectivity index (χ3n) is 2.65. The van der Waals surface area contributed by atoms with Crippen LogP contribution in [0.3, 0.4) is 0 Å². The van der Waals surface area contributed by atoms with Crippen molar-refractivity contribution in [3.05, 3.63) is 0 Å². The van der Waals surface area contributed by atoms with Gasteiger partial charge in [-0.25, -0.2) is 0 Å². The zero-order valence-corrected chi connectivity index (χ0v) is 9.00. The Morgan fingerprint density at radius 3 is 2.57 bits per heavy atom. The fraction of sp³-hybridized carbons (Fsp3) is 1.00. The SMILES string of the molecule is CC(O)(CO)CNCCN1CCCC1. The molecule has 1 fully saturated rings. The number of aliphatic hydroxyl groups excluding tert-OH is 1. The zero-order chi connectivity index (χ0) is 10.4. The average Bonchev–Trinajstić information content (AvgIpc) is 2.65. The monoisotopic (exact) mass is 202 g/mol. The molecule has 1 unspecified atom stereocenters. The molecular formula is C10H22N2O2. The van der Waals surface area contributed by atoms with Gasteiger partial charge in [0.05, 0.1) is 12.2 Å². The van der Waals surface area contributed by atoms with Crippen LogP contribution in [0, 0.1) is 0 Å². The van der Waals surface area contributed by atoms with Crippen LogP contribution in [-0.4, -0.2) is 60.0 Å². The van der Waals surface area contributed by atoms with Crippen molar-refractivity contribution in [2.75, 3.05) is 39.3 Å².